The number of thiocarbonyl (C=S) groups is 1. The third kappa shape index (κ3) is 5.06. The number of sulfone groups is 1. The minimum Gasteiger partial charge on any atom is -0.349 e. The van der Waals surface area contributed by atoms with Crippen molar-refractivity contribution in [2.24, 2.45) is 0 Å². The molecule has 1 saturated heterocycles. The second-order valence-electron chi connectivity index (χ2n) is 6.29. The van der Waals surface area contributed by atoms with Crippen LogP contribution in [0.3, 0.4) is 0 Å². The molecule has 1 unspecified atom stereocenters. The summed E-state index contributed by atoms with van der Waals surface area (Å²) < 4.78 is 36.8. The molecule has 1 atom stereocenters. The van der Waals surface area contributed by atoms with Crippen molar-refractivity contribution in [3.05, 3.63) is 52.0 Å². The van der Waals surface area contributed by atoms with Crippen LogP contribution in [0.4, 0.5) is 4.39 Å². The molecule has 0 radical (unpaired) electrons. The van der Waals surface area contributed by atoms with Crippen LogP contribution < -0.4 is 5.32 Å². The third-order valence-electron chi connectivity index (χ3n) is 4.13. The van der Waals surface area contributed by atoms with Gasteiger partial charge in [-0.3, -0.25) is 14.5 Å². The van der Waals surface area contributed by atoms with Gasteiger partial charge < -0.3 is 5.32 Å². The zero-order valence-corrected chi connectivity index (χ0v) is 17.1. The SMILES string of the molecule is O=C(CCCN1C(=O)C(=Cc2ccccc2F)SC1=S)NC1C=CS(=O)(=O)C1. The molecule has 0 aromatic heterocycles. The molecule has 1 N–H and O–H groups in total. The predicted octanol–water partition coefficient (Wildman–Crippen LogP) is 2.23. The number of carbonyl (C=O) groups excluding carboxylic acids is 2. The molecule has 2 aliphatic rings. The Morgan fingerprint density at radius 2 is 2.14 bits per heavy atom. The lowest BCUT2D eigenvalue weighted by molar-refractivity contribution is -0.124. The van der Waals surface area contributed by atoms with Crippen LogP contribution in [0.15, 0.2) is 40.7 Å². The summed E-state index contributed by atoms with van der Waals surface area (Å²) in [7, 11) is -3.23. The molecule has 148 valence electrons. The lowest BCUT2D eigenvalue weighted by atomic mass is 10.2. The standard InChI is InChI=1S/C18H17FN2O4S3/c19-14-5-2-1-4-12(14)10-15-17(23)21(18(26)27-15)8-3-6-16(22)20-13-7-9-28(24,25)11-13/h1-2,4-5,7,9-10,13H,3,6,8,11H2,(H,20,22). The van der Waals surface area contributed by atoms with E-state index in [0.29, 0.717) is 21.2 Å². The molecule has 0 bridgehead atoms. The molecule has 0 spiro atoms. The molecule has 1 aromatic carbocycles. The first kappa shape index (κ1) is 20.7. The Hall–Kier alpha value is -2.04. The van der Waals surface area contributed by atoms with Gasteiger partial charge in [0.05, 0.1) is 16.7 Å². The van der Waals surface area contributed by atoms with Gasteiger partial charge in [0.2, 0.25) is 5.91 Å². The molecular weight excluding hydrogens is 423 g/mol. The number of carbonyl (C=O) groups is 2. The van der Waals surface area contributed by atoms with Crippen molar-refractivity contribution < 1.29 is 22.4 Å². The lowest BCUT2D eigenvalue weighted by Crippen LogP contribution is -2.36. The van der Waals surface area contributed by atoms with Crippen molar-refractivity contribution in [2.75, 3.05) is 12.3 Å². The second-order valence-corrected chi connectivity index (χ2v) is 9.90. The van der Waals surface area contributed by atoms with Gasteiger partial charge in [0.25, 0.3) is 5.91 Å². The molecule has 3 rings (SSSR count). The quantitative estimate of drug-likeness (QED) is 0.540. The summed E-state index contributed by atoms with van der Waals surface area (Å²) in [5.74, 6) is -1.16. The zero-order valence-electron chi connectivity index (χ0n) is 14.6. The minimum absolute atomic E-state index is 0.131. The largest absolute Gasteiger partial charge is 0.349 e. The van der Waals surface area contributed by atoms with E-state index < -0.39 is 21.7 Å². The van der Waals surface area contributed by atoms with Crippen LogP contribution in [-0.4, -0.2) is 47.8 Å². The summed E-state index contributed by atoms with van der Waals surface area (Å²) in [5, 5.41) is 3.73. The van der Waals surface area contributed by atoms with Crippen LogP contribution in [-0.2, 0) is 19.4 Å². The molecule has 2 aliphatic heterocycles. The van der Waals surface area contributed by atoms with Gasteiger partial charge in [0.1, 0.15) is 10.1 Å². The van der Waals surface area contributed by atoms with E-state index in [9.17, 15) is 22.4 Å². The third-order valence-corrected chi connectivity index (χ3v) is 6.90. The number of thioether (sulfide) groups is 1. The summed E-state index contributed by atoms with van der Waals surface area (Å²) in [4.78, 5) is 26.2. The Kier molecular flexibility index (Phi) is 6.31. The van der Waals surface area contributed by atoms with Crippen molar-refractivity contribution in [2.45, 2.75) is 18.9 Å². The van der Waals surface area contributed by atoms with Crippen LogP contribution in [0.25, 0.3) is 6.08 Å². The van der Waals surface area contributed by atoms with Gasteiger partial charge in [-0.1, -0.05) is 42.2 Å². The van der Waals surface area contributed by atoms with Gasteiger partial charge in [-0.15, -0.1) is 0 Å². The Balaban J connectivity index is 1.52. The van der Waals surface area contributed by atoms with Crippen LogP contribution in [0.2, 0.25) is 0 Å². The fourth-order valence-corrected chi connectivity index (χ4v) is 5.30. The monoisotopic (exact) mass is 440 g/mol. The smallest absolute Gasteiger partial charge is 0.266 e. The molecule has 2 amide bonds. The average Bonchev–Trinajstić information content (AvgIpc) is 3.09. The number of benzene rings is 1. The minimum atomic E-state index is -3.23. The number of amides is 2. The molecule has 0 aliphatic carbocycles. The van der Waals surface area contributed by atoms with Crippen molar-refractivity contribution in [3.63, 3.8) is 0 Å². The Morgan fingerprint density at radius 1 is 1.39 bits per heavy atom. The highest BCUT2D eigenvalue weighted by Crippen LogP contribution is 2.33. The molecule has 1 fully saturated rings. The van der Waals surface area contributed by atoms with E-state index in [2.05, 4.69) is 5.32 Å². The molecule has 28 heavy (non-hydrogen) atoms. The van der Waals surface area contributed by atoms with E-state index in [0.717, 1.165) is 17.2 Å². The van der Waals surface area contributed by atoms with Crippen LogP contribution in [0.5, 0.6) is 0 Å². The molecular formula is C18H17FN2O4S3. The van der Waals surface area contributed by atoms with Gasteiger partial charge in [-0.25, -0.2) is 12.8 Å². The highest BCUT2D eigenvalue weighted by Gasteiger charge is 2.32. The number of hydrogen-bond donors (Lipinski definition) is 1. The van der Waals surface area contributed by atoms with Gasteiger partial charge >= 0.3 is 0 Å². The summed E-state index contributed by atoms with van der Waals surface area (Å²) in [6, 6.07) is 5.62. The maximum absolute atomic E-state index is 13.8. The highest BCUT2D eigenvalue weighted by molar-refractivity contribution is 8.26. The Labute approximate surface area is 171 Å². The highest BCUT2D eigenvalue weighted by atomic mass is 32.2. The van der Waals surface area contributed by atoms with E-state index in [1.165, 1.54) is 23.1 Å². The normalized spacial score (nSPS) is 22.2. The first-order valence-electron chi connectivity index (χ1n) is 8.45. The topological polar surface area (TPSA) is 83.6 Å². The second kappa shape index (κ2) is 8.54. The summed E-state index contributed by atoms with van der Waals surface area (Å²) in [6.07, 6.45) is 3.42. The molecule has 6 nitrogen and oxygen atoms in total. The first-order valence-corrected chi connectivity index (χ1v) is 11.4. The van der Waals surface area contributed by atoms with Crippen molar-refractivity contribution in [1.29, 1.82) is 0 Å². The fourth-order valence-electron chi connectivity index (χ4n) is 2.77. The van der Waals surface area contributed by atoms with E-state index >= 15 is 0 Å². The predicted molar refractivity (Wildman–Crippen MR) is 110 cm³/mol. The van der Waals surface area contributed by atoms with Gasteiger partial charge in [-0.2, -0.15) is 0 Å². The maximum atomic E-state index is 13.8. The van der Waals surface area contributed by atoms with E-state index in [4.69, 9.17) is 12.2 Å². The summed E-state index contributed by atoms with van der Waals surface area (Å²) >= 11 is 6.32. The van der Waals surface area contributed by atoms with Crippen LogP contribution in [0, 0.1) is 5.82 Å². The van der Waals surface area contributed by atoms with E-state index in [1.807, 2.05) is 0 Å². The number of halogens is 1. The van der Waals surface area contributed by atoms with Crippen LogP contribution >= 0.6 is 24.0 Å². The van der Waals surface area contributed by atoms with E-state index in [1.54, 1.807) is 18.2 Å². The summed E-state index contributed by atoms with van der Waals surface area (Å²) in [5.41, 5.74) is 0.307. The fraction of sp³-hybridized carbons (Fsp3) is 0.278. The van der Waals surface area contributed by atoms with Gasteiger partial charge in [0, 0.05) is 23.9 Å². The first-order chi connectivity index (χ1) is 13.2. The van der Waals surface area contributed by atoms with Gasteiger partial charge in [0.15, 0.2) is 9.84 Å². The number of nitrogens with zero attached hydrogens (tertiary/aromatic N) is 1. The van der Waals surface area contributed by atoms with Crippen molar-refractivity contribution in [3.8, 4) is 0 Å². The molecule has 1 aromatic rings. The van der Waals surface area contributed by atoms with E-state index in [-0.39, 0.29) is 30.5 Å². The van der Waals surface area contributed by atoms with Crippen molar-refractivity contribution in [1.82, 2.24) is 10.2 Å². The van der Waals surface area contributed by atoms with Gasteiger partial charge in [-0.05, 0) is 24.6 Å². The van der Waals surface area contributed by atoms with Crippen molar-refractivity contribution >= 4 is 56.0 Å². The molecule has 0 saturated carbocycles. The molecule has 10 heteroatoms. The number of rotatable bonds is 6. The lowest BCUT2D eigenvalue weighted by Gasteiger charge is -2.15. The van der Waals surface area contributed by atoms with Crippen LogP contribution in [0.1, 0.15) is 18.4 Å². The Bertz CT molecular complexity index is 988. The number of hydrogen-bond acceptors (Lipinski definition) is 6. The zero-order chi connectivity index (χ0) is 20.3. The Morgan fingerprint density at radius 3 is 2.82 bits per heavy atom. The average molecular weight is 441 g/mol. The number of nitrogens with one attached hydrogen (secondary N) is 1. The summed E-state index contributed by atoms with van der Waals surface area (Å²) in [6.45, 7) is 0.255. The maximum Gasteiger partial charge on any atom is 0.266 e. The molecule has 2 heterocycles.